The summed E-state index contributed by atoms with van der Waals surface area (Å²) in [4.78, 5) is 67.4. The fourth-order valence-corrected chi connectivity index (χ4v) is 6.00. The van der Waals surface area contributed by atoms with Gasteiger partial charge < -0.3 is 36.1 Å². The van der Waals surface area contributed by atoms with Crippen molar-refractivity contribution in [3.8, 4) is 11.5 Å². The van der Waals surface area contributed by atoms with E-state index in [2.05, 4.69) is 26.6 Å². The van der Waals surface area contributed by atoms with E-state index in [9.17, 15) is 24.0 Å². The predicted octanol–water partition coefficient (Wildman–Crippen LogP) is 1.74. The largest absolute Gasteiger partial charge is 0.493 e. The standard InChI is InChI=1S/C37H41N5O7/c1-23-32(43)40-30(20-24-6-3-2-4-7-24)35(46)42-37(15-16-37)36(47)38-17-19-48-28-12-9-25(10-13-28)21-29(34(45)39-23)41-33(44)27-11-14-31-26(22-27)8-5-18-49-31/h2-4,6-7,9-14,22-23,29-30H,5,8,15-21H2,1H3,(H,38,47)(H,39,45)(H,40,43)(H,41,44)(H,42,46)/t23-,29-,30+/m0/s1. The number of carbonyl (C=O) groups excluding carboxylic acids is 5. The summed E-state index contributed by atoms with van der Waals surface area (Å²) in [5.74, 6) is -1.09. The maximum absolute atomic E-state index is 13.7. The highest BCUT2D eigenvalue weighted by atomic mass is 16.5. The summed E-state index contributed by atoms with van der Waals surface area (Å²) in [6.45, 7) is 2.57. The molecule has 1 saturated carbocycles. The number of rotatable bonds is 4. The topological polar surface area (TPSA) is 164 Å². The van der Waals surface area contributed by atoms with Crippen molar-refractivity contribution >= 4 is 29.5 Å². The van der Waals surface area contributed by atoms with Gasteiger partial charge in [0.15, 0.2) is 0 Å². The van der Waals surface area contributed by atoms with Crippen LogP contribution >= 0.6 is 0 Å². The molecule has 1 spiro atoms. The molecule has 3 aromatic rings. The highest BCUT2D eigenvalue weighted by Crippen LogP contribution is 2.35. The third kappa shape index (κ3) is 8.37. The molecule has 1 aliphatic carbocycles. The molecule has 7 rings (SSSR count). The van der Waals surface area contributed by atoms with Gasteiger partial charge >= 0.3 is 0 Å². The van der Waals surface area contributed by atoms with Gasteiger partial charge in [0.1, 0.15) is 41.8 Å². The molecule has 3 aliphatic heterocycles. The van der Waals surface area contributed by atoms with Crippen LogP contribution in [0.2, 0.25) is 0 Å². The van der Waals surface area contributed by atoms with E-state index in [-0.39, 0.29) is 31.9 Å². The Morgan fingerprint density at radius 2 is 1.65 bits per heavy atom. The number of carbonyl (C=O) groups is 5. The lowest BCUT2D eigenvalue weighted by atomic mass is 10.0. The van der Waals surface area contributed by atoms with Crippen molar-refractivity contribution in [1.29, 1.82) is 0 Å². The zero-order chi connectivity index (χ0) is 34.4. The van der Waals surface area contributed by atoms with Crippen molar-refractivity contribution in [2.45, 2.75) is 69.1 Å². The lowest BCUT2D eigenvalue weighted by molar-refractivity contribution is -0.134. The van der Waals surface area contributed by atoms with Crippen LogP contribution in [0.1, 0.15) is 53.2 Å². The number of ether oxygens (including phenoxy) is 2. The molecule has 3 atom stereocenters. The molecule has 3 aromatic carbocycles. The number of benzene rings is 3. The van der Waals surface area contributed by atoms with Crippen LogP contribution < -0.4 is 36.1 Å². The zero-order valence-electron chi connectivity index (χ0n) is 27.4. The Morgan fingerprint density at radius 3 is 2.41 bits per heavy atom. The molecule has 12 nitrogen and oxygen atoms in total. The van der Waals surface area contributed by atoms with Gasteiger partial charge in [-0.25, -0.2) is 0 Å². The summed E-state index contributed by atoms with van der Waals surface area (Å²) in [6.07, 6.45) is 2.89. The molecule has 5 N–H and O–H groups in total. The van der Waals surface area contributed by atoms with Gasteiger partial charge in [-0.3, -0.25) is 24.0 Å². The molecular formula is C37H41N5O7. The number of hydrogen-bond donors (Lipinski definition) is 5. The van der Waals surface area contributed by atoms with Gasteiger partial charge in [-0.2, -0.15) is 0 Å². The van der Waals surface area contributed by atoms with E-state index >= 15 is 0 Å². The summed E-state index contributed by atoms with van der Waals surface area (Å²) in [5.41, 5.74) is 1.83. The van der Waals surface area contributed by atoms with Crippen molar-refractivity contribution in [3.63, 3.8) is 0 Å². The molecule has 49 heavy (non-hydrogen) atoms. The maximum Gasteiger partial charge on any atom is 0.251 e. The molecule has 0 saturated heterocycles. The van der Waals surface area contributed by atoms with Crippen LogP contribution in [0.4, 0.5) is 0 Å². The lowest BCUT2D eigenvalue weighted by Gasteiger charge is -2.26. The Morgan fingerprint density at radius 1 is 0.878 bits per heavy atom. The van der Waals surface area contributed by atoms with E-state index in [4.69, 9.17) is 9.47 Å². The number of nitrogens with one attached hydrogen (secondary N) is 5. The van der Waals surface area contributed by atoms with Crippen LogP contribution in [0.15, 0.2) is 72.8 Å². The van der Waals surface area contributed by atoms with Crippen LogP contribution in [0, 0.1) is 0 Å². The molecule has 0 radical (unpaired) electrons. The number of hydrogen-bond acceptors (Lipinski definition) is 7. The monoisotopic (exact) mass is 667 g/mol. The highest BCUT2D eigenvalue weighted by molar-refractivity contribution is 6.00. The Kier molecular flexibility index (Phi) is 10.1. The second kappa shape index (κ2) is 14.8. The van der Waals surface area contributed by atoms with E-state index in [1.165, 1.54) is 6.92 Å². The Hall–Kier alpha value is -5.39. The molecule has 0 aromatic heterocycles. The van der Waals surface area contributed by atoms with Crippen LogP contribution in [0.5, 0.6) is 11.5 Å². The van der Waals surface area contributed by atoms with Crippen LogP contribution in [0.3, 0.4) is 0 Å². The third-order valence-corrected chi connectivity index (χ3v) is 9.03. The quantitative estimate of drug-likeness (QED) is 0.265. The van der Waals surface area contributed by atoms with E-state index in [1.54, 1.807) is 42.5 Å². The van der Waals surface area contributed by atoms with Crippen molar-refractivity contribution in [1.82, 2.24) is 26.6 Å². The highest BCUT2D eigenvalue weighted by Gasteiger charge is 2.51. The first kappa shape index (κ1) is 33.5. The van der Waals surface area contributed by atoms with E-state index in [0.717, 1.165) is 35.3 Å². The average Bonchev–Trinajstić information content (AvgIpc) is 3.90. The summed E-state index contributed by atoms with van der Waals surface area (Å²) >= 11 is 0. The smallest absolute Gasteiger partial charge is 0.251 e. The first-order chi connectivity index (χ1) is 23.7. The molecule has 3 heterocycles. The van der Waals surface area contributed by atoms with E-state index in [0.29, 0.717) is 30.8 Å². The van der Waals surface area contributed by atoms with E-state index in [1.807, 2.05) is 30.3 Å². The molecular weight excluding hydrogens is 626 g/mol. The average molecular weight is 668 g/mol. The van der Waals surface area contributed by atoms with Crippen LogP contribution in [-0.2, 0) is 38.4 Å². The Labute approximate surface area is 284 Å². The van der Waals surface area contributed by atoms with Crippen LogP contribution in [0.25, 0.3) is 0 Å². The second-order valence-corrected chi connectivity index (χ2v) is 12.8. The van der Waals surface area contributed by atoms with Gasteiger partial charge in [0, 0.05) is 18.4 Å². The zero-order valence-corrected chi connectivity index (χ0v) is 27.4. The van der Waals surface area contributed by atoms with Crippen molar-refractivity contribution < 1.29 is 33.4 Å². The van der Waals surface area contributed by atoms with Crippen LogP contribution in [-0.4, -0.2) is 73.0 Å². The normalized spacial score (nSPS) is 22.6. The molecule has 0 unspecified atom stereocenters. The predicted molar refractivity (Wildman–Crippen MR) is 180 cm³/mol. The van der Waals surface area contributed by atoms with Gasteiger partial charge in [0.05, 0.1) is 13.2 Å². The van der Waals surface area contributed by atoms with Gasteiger partial charge in [0.25, 0.3) is 5.91 Å². The second-order valence-electron chi connectivity index (χ2n) is 12.8. The molecule has 12 heteroatoms. The number of fused-ring (bicyclic) bond motifs is 16. The number of amides is 5. The molecule has 2 bridgehead atoms. The molecule has 256 valence electrons. The molecule has 1 fully saturated rings. The van der Waals surface area contributed by atoms with Gasteiger partial charge in [-0.1, -0.05) is 42.5 Å². The van der Waals surface area contributed by atoms with Gasteiger partial charge in [0.2, 0.25) is 23.6 Å². The Bertz CT molecular complexity index is 1710. The minimum atomic E-state index is -1.06. The lowest BCUT2D eigenvalue weighted by Crippen LogP contribution is -2.59. The molecule has 4 aliphatic rings. The van der Waals surface area contributed by atoms with Crippen molar-refractivity contribution in [3.05, 3.63) is 95.1 Å². The summed E-state index contributed by atoms with van der Waals surface area (Å²) in [6, 6.07) is 18.4. The van der Waals surface area contributed by atoms with Gasteiger partial charge in [-0.15, -0.1) is 0 Å². The first-order valence-electron chi connectivity index (χ1n) is 16.7. The fraction of sp³-hybridized carbons (Fsp3) is 0.378. The fourth-order valence-electron chi connectivity index (χ4n) is 6.00. The Balaban J connectivity index is 1.23. The SMILES string of the molecule is C[C@@H]1NC(=O)[C@@H](NC(=O)c2ccc3c(c2)CCCO3)Cc2ccc(cc2)OCCNC(=O)C2(CC2)NC(=O)[C@@H](Cc2ccccc2)NC1=O. The first-order valence-corrected chi connectivity index (χ1v) is 16.7. The van der Waals surface area contributed by atoms with Crippen molar-refractivity contribution in [2.75, 3.05) is 19.8 Å². The third-order valence-electron chi connectivity index (χ3n) is 9.03. The summed E-state index contributed by atoms with van der Waals surface area (Å²) in [7, 11) is 0. The summed E-state index contributed by atoms with van der Waals surface area (Å²) < 4.78 is 11.5. The number of aryl methyl sites for hydroxylation is 1. The summed E-state index contributed by atoms with van der Waals surface area (Å²) in [5, 5.41) is 14.1. The minimum Gasteiger partial charge on any atom is -0.493 e. The minimum absolute atomic E-state index is 0.136. The van der Waals surface area contributed by atoms with Gasteiger partial charge in [-0.05, 0) is 79.6 Å². The van der Waals surface area contributed by atoms with Crippen molar-refractivity contribution in [2.24, 2.45) is 0 Å². The van der Waals surface area contributed by atoms with E-state index < -0.39 is 47.3 Å². The maximum atomic E-state index is 13.7. The molecule has 5 amide bonds.